The number of aromatic nitrogens is 1. The summed E-state index contributed by atoms with van der Waals surface area (Å²) in [5.74, 6) is -0.0744. The van der Waals surface area contributed by atoms with Crippen LogP contribution in [0.5, 0.6) is 0 Å². The van der Waals surface area contributed by atoms with Crippen LogP contribution in [0.25, 0.3) is 0 Å². The summed E-state index contributed by atoms with van der Waals surface area (Å²) in [5, 5.41) is 8.73. The Morgan fingerprint density at radius 3 is 2.53 bits per heavy atom. The molecule has 1 fully saturated rings. The second-order valence-electron chi connectivity index (χ2n) is 3.70. The number of anilines is 1. The van der Waals surface area contributed by atoms with Crippen LogP contribution in [0.2, 0.25) is 0 Å². The number of piperazine rings is 1. The van der Waals surface area contributed by atoms with E-state index in [-0.39, 0.29) is 30.6 Å². The van der Waals surface area contributed by atoms with Crippen LogP contribution in [0.3, 0.4) is 0 Å². The van der Waals surface area contributed by atoms with Gasteiger partial charge in [0.05, 0.1) is 13.1 Å². The Morgan fingerprint density at radius 1 is 1.29 bits per heavy atom. The van der Waals surface area contributed by atoms with Crippen LogP contribution in [-0.2, 0) is 9.59 Å². The number of imide groups is 1. The third-order valence-corrected chi connectivity index (χ3v) is 2.57. The van der Waals surface area contributed by atoms with Gasteiger partial charge in [0.25, 0.3) is 0 Å². The van der Waals surface area contributed by atoms with Crippen molar-refractivity contribution in [1.29, 1.82) is 5.26 Å². The average molecular weight is 230 g/mol. The number of amides is 2. The molecule has 2 heterocycles. The second kappa shape index (κ2) is 4.22. The third kappa shape index (κ3) is 2.08. The molecule has 1 aromatic heterocycles. The molecular weight excluding hydrogens is 220 g/mol. The topological polar surface area (TPSA) is 77.3 Å². The van der Waals surface area contributed by atoms with E-state index in [2.05, 4.69) is 4.98 Å². The van der Waals surface area contributed by atoms with E-state index < -0.39 is 0 Å². The van der Waals surface area contributed by atoms with Crippen molar-refractivity contribution < 1.29 is 9.59 Å². The van der Waals surface area contributed by atoms with Gasteiger partial charge in [-0.3, -0.25) is 14.5 Å². The van der Waals surface area contributed by atoms with Crippen LogP contribution in [0.1, 0.15) is 5.69 Å². The maximum Gasteiger partial charge on any atom is 0.248 e. The molecule has 0 spiro atoms. The van der Waals surface area contributed by atoms with Crippen molar-refractivity contribution in [2.24, 2.45) is 0 Å². The molecule has 0 unspecified atom stereocenters. The van der Waals surface area contributed by atoms with Crippen LogP contribution in [0.15, 0.2) is 18.2 Å². The monoisotopic (exact) mass is 230 g/mol. The van der Waals surface area contributed by atoms with Gasteiger partial charge in [0.1, 0.15) is 17.6 Å². The third-order valence-electron chi connectivity index (χ3n) is 2.57. The Hall–Kier alpha value is -2.42. The minimum absolute atomic E-state index is 0.101. The highest BCUT2D eigenvalue weighted by Gasteiger charge is 2.28. The van der Waals surface area contributed by atoms with E-state index >= 15 is 0 Å². The molecule has 0 aromatic carbocycles. The van der Waals surface area contributed by atoms with Gasteiger partial charge < -0.3 is 4.90 Å². The summed E-state index contributed by atoms with van der Waals surface area (Å²) >= 11 is 0. The quantitative estimate of drug-likeness (QED) is 0.622. The summed E-state index contributed by atoms with van der Waals surface area (Å²) in [6, 6.07) is 6.84. The average Bonchev–Trinajstić information content (AvgIpc) is 2.35. The number of nitrogens with zero attached hydrogens (tertiary/aromatic N) is 4. The molecule has 17 heavy (non-hydrogen) atoms. The molecule has 0 aliphatic carbocycles. The minimum atomic E-state index is -0.273. The van der Waals surface area contributed by atoms with E-state index in [1.165, 1.54) is 7.05 Å². The summed E-state index contributed by atoms with van der Waals surface area (Å²) < 4.78 is 0. The molecule has 6 nitrogen and oxygen atoms in total. The molecule has 0 atom stereocenters. The molecule has 2 rings (SSSR count). The highest BCUT2D eigenvalue weighted by atomic mass is 16.2. The highest BCUT2D eigenvalue weighted by molar-refractivity contribution is 6.02. The predicted octanol–water partition coefficient (Wildman–Crippen LogP) is -0.242. The summed E-state index contributed by atoms with van der Waals surface area (Å²) in [6.45, 7) is 0.203. The minimum Gasteiger partial charge on any atom is -0.338 e. The summed E-state index contributed by atoms with van der Waals surface area (Å²) in [6.07, 6.45) is 0. The lowest BCUT2D eigenvalue weighted by molar-refractivity contribution is -0.143. The molecule has 0 bridgehead atoms. The van der Waals surface area contributed by atoms with E-state index in [0.29, 0.717) is 5.82 Å². The van der Waals surface area contributed by atoms with Crippen molar-refractivity contribution in [3.8, 4) is 6.07 Å². The number of pyridine rings is 1. The van der Waals surface area contributed by atoms with Gasteiger partial charge in [-0.15, -0.1) is 0 Å². The van der Waals surface area contributed by atoms with Crippen molar-refractivity contribution >= 4 is 17.6 Å². The fourth-order valence-electron chi connectivity index (χ4n) is 1.56. The lowest BCUT2D eigenvalue weighted by Crippen LogP contribution is -2.52. The van der Waals surface area contributed by atoms with Crippen LogP contribution in [0, 0.1) is 11.3 Å². The van der Waals surface area contributed by atoms with Crippen LogP contribution >= 0.6 is 0 Å². The largest absolute Gasteiger partial charge is 0.338 e. The maximum atomic E-state index is 11.5. The van der Waals surface area contributed by atoms with Crippen molar-refractivity contribution in [2.45, 2.75) is 0 Å². The molecule has 2 amide bonds. The first-order valence-corrected chi connectivity index (χ1v) is 5.03. The number of likely N-dealkylation sites (N-methyl/N-ethyl adjacent to an activating group) is 1. The Bertz CT molecular complexity index is 502. The molecule has 1 aromatic rings. The van der Waals surface area contributed by atoms with E-state index in [4.69, 9.17) is 5.26 Å². The van der Waals surface area contributed by atoms with Crippen LogP contribution < -0.4 is 4.90 Å². The van der Waals surface area contributed by atoms with Crippen LogP contribution in [-0.4, -0.2) is 41.8 Å². The van der Waals surface area contributed by atoms with Crippen molar-refractivity contribution in [2.75, 3.05) is 25.0 Å². The fourth-order valence-corrected chi connectivity index (χ4v) is 1.56. The molecule has 1 saturated heterocycles. The summed E-state index contributed by atoms with van der Waals surface area (Å²) in [4.78, 5) is 29.7. The number of hydrogen-bond donors (Lipinski definition) is 0. The molecule has 0 radical (unpaired) electrons. The Morgan fingerprint density at radius 2 is 1.94 bits per heavy atom. The number of carbonyl (C=O) groups is 2. The number of rotatable bonds is 1. The van der Waals surface area contributed by atoms with Gasteiger partial charge >= 0.3 is 0 Å². The lowest BCUT2D eigenvalue weighted by Gasteiger charge is -2.31. The number of carbonyl (C=O) groups excluding carboxylic acids is 2. The first kappa shape index (κ1) is 11.1. The zero-order chi connectivity index (χ0) is 12.4. The highest BCUT2D eigenvalue weighted by Crippen LogP contribution is 2.14. The standard InChI is InChI=1S/C11H10N4O2/c1-14-10(16)6-15(7-11(14)17)9-4-2-3-8(5-12)13-9/h2-4H,6-7H2,1H3. The first-order valence-electron chi connectivity index (χ1n) is 5.03. The van der Waals surface area contributed by atoms with E-state index in [1.807, 2.05) is 6.07 Å². The molecule has 1 aliphatic heterocycles. The summed E-state index contributed by atoms with van der Waals surface area (Å²) in [7, 11) is 1.46. The Balaban J connectivity index is 2.26. The maximum absolute atomic E-state index is 11.5. The normalized spacial score (nSPS) is 16.0. The van der Waals surface area contributed by atoms with E-state index in [9.17, 15) is 9.59 Å². The lowest BCUT2D eigenvalue weighted by atomic mass is 10.3. The van der Waals surface area contributed by atoms with Crippen molar-refractivity contribution in [3.63, 3.8) is 0 Å². The van der Waals surface area contributed by atoms with Crippen LogP contribution in [0.4, 0.5) is 5.82 Å². The molecule has 1 aliphatic rings. The fraction of sp³-hybridized carbons (Fsp3) is 0.273. The zero-order valence-corrected chi connectivity index (χ0v) is 9.25. The molecule has 86 valence electrons. The molecule has 0 saturated carbocycles. The Labute approximate surface area is 98.1 Å². The van der Waals surface area contributed by atoms with Gasteiger partial charge in [-0.05, 0) is 12.1 Å². The first-order chi connectivity index (χ1) is 8.11. The number of hydrogen-bond acceptors (Lipinski definition) is 5. The SMILES string of the molecule is CN1C(=O)CN(c2cccc(C#N)n2)CC1=O. The van der Waals surface area contributed by atoms with Crippen molar-refractivity contribution in [1.82, 2.24) is 9.88 Å². The van der Waals surface area contributed by atoms with Gasteiger partial charge in [-0.25, -0.2) is 4.98 Å². The van der Waals surface area contributed by atoms with Crippen molar-refractivity contribution in [3.05, 3.63) is 23.9 Å². The van der Waals surface area contributed by atoms with Gasteiger partial charge in [-0.1, -0.05) is 6.07 Å². The predicted molar refractivity (Wildman–Crippen MR) is 58.9 cm³/mol. The second-order valence-corrected chi connectivity index (χ2v) is 3.70. The molecule has 0 N–H and O–H groups in total. The number of nitriles is 1. The Kier molecular flexibility index (Phi) is 2.75. The molecular formula is C11H10N4O2. The van der Waals surface area contributed by atoms with Gasteiger partial charge in [0, 0.05) is 7.05 Å². The van der Waals surface area contributed by atoms with E-state index in [1.54, 1.807) is 23.1 Å². The van der Waals surface area contributed by atoms with Gasteiger partial charge in [0.2, 0.25) is 11.8 Å². The van der Waals surface area contributed by atoms with Gasteiger partial charge in [-0.2, -0.15) is 5.26 Å². The zero-order valence-electron chi connectivity index (χ0n) is 9.25. The van der Waals surface area contributed by atoms with E-state index in [0.717, 1.165) is 4.90 Å². The smallest absolute Gasteiger partial charge is 0.248 e. The molecule has 6 heteroatoms. The van der Waals surface area contributed by atoms with Gasteiger partial charge in [0.15, 0.2) is 0 Å². The summed E-state index contributed by atoms with van der Waals surface area (Å²) in [5.41, 5.74) is 0.265.